The quantitative estimate of drug-likeness (QED) is 0.694. The van der Waals surface area contributed by atoms with E-state index in [-0.39, 0.29) is 11.1 Å². The predicted molar refractivity (Wildman–Crippen MR) is 60.6 cm³/mol. The van der Waals surface area contributed by atoms with Gasteiger partial charge in [0.25, 0.3) is 0 Å². The van der Waals surface area contributed by atoms with Crippen LogP contribution in [-0.2, 0) is 0 Å². The van der Waals surface area contributed by atoms with E-state index in [1.165, 1.54) is 0 Å². The number of pyridine rings is 1. The Labute approximate surface area is 92.7 Å². The van der Waals surface area contributed by atoms with Crippen LogP contribution in [0.5, 0.6) is 0 Å². The minimum atomic E-state index is 0.0175. The van der Waals surface area contributed by atoms with Gasteiger partial charge in [-0.15, -0.1) is 0 Å². The van der Waals surface area contributed by atoms with Gasteiger partial charge in [-0.25, -0.2) is 0 Å². The highest BCUT2D eigenvalue weighted by Gasteiger charge is 2.07. The van der Waals surface area contributed by atoms with Crippen molar-refractivity contribution in [3.05, 3.63) is 53.6 Å². The molecule has 2 rings (SSSR count). The monoisotopic (exact) mass is 210 g/mol. The van der Waals surface area contributed by atoms with E-state index in [4.69, 9.17) is 16.5 Å². The third-order valence-electron chi connectivity index (χ3n) is 2.36. The fraction of sp³-hybridized carbons (Fsp3) is 0. The Kier molecular flexibility index (Phi) is 2.44. The van der Waals surface area contributed by atoms with Crippen LogP contribution in [0, 0.1) is 16.7 Å². The van der Waals surface area contributed by atoms with Crippen LogP contribution in [0.25, 0.3) is 11.1 Å². The van der Waals surface area contributed by atoms with Gasteiger partial charge in [-0.1, -0.05) is 30.3 Å². The molecule has 0 bridgehead atoms. The Morgan fingerprint density at radius 2 is 1.88 bits per heavy atom. The van der Waals surface area contributed by atoms with Crippen molar-refractivity contribution in [2.24, 2.45) is 0 Å². The second-order valence-corrected chi connectivity index (χ2v) is 3.34. The van der Waals surface area contributed by atoms with Crippen LogP contribution in [0.15, 0.2) is 42.6 Å². The zero-order valence-corrected chi connectivity index (χ0v) is 8.51. The van der Waals surface area contributed by atoms with Crippen molar-refractivity contribution in [1.82, 2.24) is 4.68 Å². The normalized spacial score (nSPS) is 9.69. The number of hydrogen-bond acceptors (Lipinski definition) is 3. The molecule has 4 heteroatoms. The highest BCUT2D eigenvalue weighted by molar-refractivity contribution is 5.69. The van der Waals surface area contributed by atoms with Gasteiger partial charge in [-0.2, -0.15) is 5.26 Å². The summed E-state index contributed by atoms with van der Waals surface area (Å²) in [6.45, 7) is 0. The molecule has 0 atom stereocenters. The number of nitrogens with two attached hydrogens (primary N) is 1. The van der Waals surface area contributed by atoms with Gasteiger partial charge in [0.1, 0.15) is 11.6 Å². The molecule has 0 amide bonds. The Bertz CT molecular complexity index is 605. The fourth-order valence-corrected chi connectivity index (χ4v) is 1.54. The molecule has 1 heterocycles. The molecule has 16 heavy (non-hydrogen) atoms. The summed E-state index contributed by atoms with van der Waals surface area (Å²) in [6, 6.07) is 13.2. The van der Waals surface area contributed by atoms with E-state index in [0.29, 0.717) is 0 Å². The summed E-state index contributed by atoms with van der Waals surface area (Å²) >= 11 is 0. The summed E-state index contributed by atoms with van der Waals surface area (Å²) in [4.78, 5) is 0. The number of nitrogens with zero attached hydrogens (tertiary/aromatic N) is 2. The topological polar surface area (TPSA) is 78.6 Å². The lowest BCUT2D eigenvalue weighted by Crippen LogP contribution is -2.28. The van der Waals surface area contributed by atoms with Gasteiger partial charge < -0.3 is 5.84 Å². The summed E-state index contributed by atoms with van der Waals surface area (Å²) in [7, 11) is 0. The smallest absolute Gasteiger partial charge is 0.162 e. The first-order chi connectivity index (χ1) is 7.74. The lowest BCUT2D eigenvalue weighted by molar-refractivity contribution is 0.875. The fourth-order valence-electron chi connectivity index (χ4n) is 1.54. The van der Waals surface area contributed by atoms with E-state index in [9.17, 15) is 0 Å². The van der Waals surface area contributed by atoms with E-state index in [2.05, 4.69) is 0 Å². The molecule has 0 aliphatic carbocycles. The first-order valence-corrected chi connectivity index (χ1v) is 4.75. The van der Waals surface area contributed by atoms with E-state index in [1.807, 2.05) is 36.4 Å². The lowest BCUT2D eigenvalue weighted by atomic mass is 10.0. The Morgan fingerprint density at radius 3 is 2.50 bits per heavy atom. The third-order valence-corrected chi connectivity index (χ3v) is 2.36. The molecule has 0 saturated heterocycles. The van der Waals surface area contributed by atoms with E-state index >= 15 is 0 Å². The summed E-state index contributed by atoms with van der Waals surface area (Å²) in [5.41, 5.74) is 1.95. The second kappa shape index (κ2) is 3.91. The van der Waals surface area contributed by atoms with Crippen LogP contribution in [-0.4, -0.2) is 4.68 Å². The summed E-state index contributed by atoms with van der Waals surface area (Å²) in [6.07, 6.45) is 1.57. The number of nitrogens with one attached hydrogen (secondary N) is 1. The van der Waals surface area contributed by atoms with Crippen LogP contribution in [0.2, 0.25) is 0 Å². The van der Waals surface area contributed by atoms with Crippen LogP contribution in [0.4, 0.5) is 0 Å². The molecule has 2 aromatic rings. The Hall–Kier alpha value is -2.54. The van der Waals surface area contributed by atoms with Crippen molar-refractivity contribution < 1.29 is 0 Å². The molecule has 0 unspecified atom stereocenters. The molecule has 0 spiro atoms. The van der Waals surface area contributed by atoms with Gasteiger partial charge in [0.2, 0.25) is 0 Å². The van der Waals surface area contributed by atoms with Crippen LogP contribution in [0.1, 0.15) is 5.56 Å². The van der Waals surface area contributed by atoms with Gasteiger partial charge in [0.15, 0.2) is 5.49 Å². The summed E-state index contributed by atoms with van der Waals surface area (Å²) in [5, 5.41) is 16.7. The molecule has 0 aliphatic rings. The maximum Gasteiger partial charge on any atom is 0.162 e. The van der Waals surface area contributed by atoms with Crippen molar-refractivity contribution in [2.45, 2.75) is 0 Å². The Morgan fingerprint density at radius 1 is 1.19 bits per heavy atom. The maximum absolute atomic E-state index is 9.05. The molecular weight excluding hydrogens is 200 g/mol. The Balaban J connectivity index is 2.74. The molecule has 78 valence electrons. The zero-order chi connectivity index (χ0) is 11.5. The number of aromatic nitrogens is 1. The van der Waals surface area contributed by atoms with Crippen LogP contribution in [0.3, 0.4) is 0 Å². The highest BCUT2D eigenvalue weighted by Crippen LogP contribution is 2.19. The first-order valence-electron chi connectivity index (χ1n) is 4.75. The van der Waals surface area contributed by atoms with E-state index in [1.54, 1.807) is 12.3 Å². The molecule has 1 aromatic heterocycles. The standard InChI is InChI=1S/C12H10N4/c13-8-11-10(6-7-16(15)12(11)14)9-4-2-1-3-5-9/h1-7,14H,15H2. The third kappa shape index (κ3) is 1.55. The van der Waals surface area contributed by atoms with Gasteiger partial charge in [-0.3, -0.25) is 10.1 Å². The molecule has 0 fully saturated rings. The van der Waals surface area contributed by atoms with Gasteiger partial charge in [-0.05, 0) is 11.6 Å². The molecule has 3 N–H and O–H groups in total. The van der Waals surface area contributed by atoms with Crippen molar-refractivity contribution in [1.29, 1.82) is 10.7 Å². The molecular formula is C12H10N4. The van der Waals surface area contributed by atoms with Gasteiger partial charge >= 0.3 is 0 Å². The number of rotatable bonds is 1. The number of hydrogen-bond donors (Lipinski definition) is 2. The molecule has 0 radical (unpaired) electrons. The summed E-state index contributed by atoms with van der Waals surface area (Å²) < 4.78 is 1.13. The lowest BCUT2D eigenvalue weighted by Gasteiger charge is -2.06. The van der Waals surface area contributed by atoms with Gasteiger partial charge in [0.05, 0.1) is 0 Å². The SMILES string of the molecule is N#Cc1c(-c2ccccc2)ccn(N)c1=N. The second-order valence-electron chi connectivity index (χ2n) is 3.34. The average molecular weight is 210 g/mol. The molecule has 0 aliphatic heterocycles. The number of benzene rings is 1. The van der Waals surface area contributed by atoms with E-state index in [0.717, 1.165) is 15.8 Å². The highest BCUT2D eigenvalue weighted by atomic mass is 15.3. The van der Waals surface area contributed by atoms with Crippen LogP contribution < -0.4 is 11.3 Å². The largest absolute Gasteiger partial charge is 0.338 e. The zero-order valence-electron chi connectivity index (χ0n) is 8.51. The minimum Gasteiger partial charge on any atom is -0.338 e. The van der Waals surface area contributed by atoms with Crippen molar-refractivity contribution in [2.75, 3.05) is 5.84 Å². The molecule has 4 nitrogen and oxygen atoms in total. The number of nitrogen functional groups attached to an aromatic ring is 1. The minimum absolute atomic E-state index is 0.0175. The van der Waals surface area contributed by atoms with Crippen molar-refractivity contribution >= 4 is 0 Å². The first kappa shape index (κ1) is 9.99. The van der Waals surface area contributed by atoms with Gasteiger partial charge in [0, 0.05) is 11.8 Å². The number of nitriles is 1. The maximum atomic E-state index is 9.05. The summed E-state index contributed by atoms with van der Waals surface area (Å²) in [5.74, 6) is 5.52. The average Bonchev–Trinajstić information content (AvgIpc) is 2.33. The van der Waals surface area contributed by atoms with Crippen LogP contribution >= 0.6 is 0 Å². The van der Waals surface area contributed by atoms with Crippen molar-refractivity contribution in [3.8, 4) is 17.2 Å². The van der Waals surface area contributed by atoms with Crippen molar-refractivity contribution in [3.63, 3.8) is 0 Å². The van der Waals surface area contributed by atoms with E-state index < -0.39 is 0 Å². The molecule has 0 saturated carbocycles. The molecule has 1 aromatic carbocycles. The predicted octanol–water partition coefficient (Wildman–Crippen LogP) is 1.22.